The van der Waals surface area contributed by atoms with Gasteiger partial charge in [-0.25, -0.2) is 0 Å². The molecule has 0 aromatic heterocycles. The summed E-state index contributed by atoms with van der Waals surface area (Å²) in [5, 5.41) is 0. The van der Waals surface area contributed by atoms with Crippen LogP contribution in [0.15, 0.2) is 0 Å². The van der Waals surface area contributed by atoms with E-state index >= 15 is 0 Å². The van der Waals surface area contributed by atoms with Crippen LogP contribution in [0, 0.1) is 11.8 Å². The van der Waals surface area contributed by atoms with Gasteiger partial charge in [0.2, 0.25) is 0 Å². The molecule has 3 rings (SSSR count). The van der Waals surface area contributed by atoms with Gasteiger partial charge in [-0.3, -0.25) is 4.79 Å². The molecule has 3 fully saturated rings. The Morgan fingerprint density at radius 1 is 0.850 bits per heavy atom. The van der Waals surface area contributed by atoms with Crippen molar-refractivity contribution in [2.45, 2.75) is 69.8 Å². The molecule has 2 aliphatic heterocycles. The third-order valence-electron chi connectivity index (χ3n) is 5.56. The first kappa shape index (κ1) is 14.5. The average Bonchev–Trinajstić information content (AvgIpc) is 2.76. The third-order valence-corrected chi connectivity index (χ3v) is 5.56. The maximum atomic E-state index is 12.8. The quantitative estimate of drug-likeness (QED) is 0.726. The SMILES string of the molecule is O=C(C1CCCCCC1)C1CCOC2(CCOCC2)C1. The van der Waals surface area contributed by atoms with E-state index in [1.54, 1.807) is 0 Å². The highest BCUT2D eigenvalue weighted by molar-refractivity contribution is 5.83. The molecule has 0 bridgehead atoms. The van der Waals surface area contributed by atoms with Crippen LogP contribution in [0.1, 0.15) is 64.2 Å². The molecule has 3 nitrogen and oxygen atoms in total. The lowest BCUT2D eigenvalue weighted by atomic mass is 9.75. The molecule has 2 heterocycles. The van der Waals surface area contributed by atoms with E-state index in [1.165, 1.54) is 25.7 Å². The van der Waals surface area contributed by atoms with Crippen molar-refractivity contribution in [2.75, 3.05) is 19.8 Å². The molecule has 0 N–H and O–H groups in total. The Balaban J connectivity index is 1.62. The summed E-state index contributed by atoms with van der Waals surface area (Å²) in [7, 11) is 0. The van der Waals surface area contributed by atoms with Crippen LogP contribution in [-0.4, -0.2) is 31.2 Å². The number of hydrogen-bond donors (Lipinski definition) is 0. The number of ether oxygens (including phenoxy) is 2. The molecular formula is C17H28O3. The van der Waals surface area contributed by atoms with Crippen molar-refractivity contribution in [3.63, 3.8) is 0 Å². The highest BCUT2D eigenvalue weighted by Gasteiger charge is 2.42. The number of carbonyl (C=O) groups is 1. The molecule has 1 spiro atoms. The van der Waals surface area contributed by atoms with Crippen molar-refractivity contribution in [1.29, 1.82) is 0 Å². The normalized spacial score (nSPS) is 31.9. The van der Waals surface area contributed by atoms with Gasteiger partial charge in [0.25, 0.3) is 0 Å². The fourth-order valence-electron chi connectivity index (χ4n) is 4.26. The second kappa shape index (κ2) is 6.57. The summed E-state index contributed by atoms with van der Waals surface area (Å²) in [4.78, 5) is 12.8. The second-order valence-corrected chi connectivity index (χ2v) is 6.92. The monoisotopic (exact) mass is 280 g/mol. The Bertz CT molecular complexity index is 320. The van der Waals surface area contributed by atoms with Crippen LogP contribution in [0.5, 0.6) is 0 Å². The van der Waals surface area contributed by atoms with Crippen molar-refractivity contribution in [1.82, 2.24) is 0 Å². The van der Waals surface area contributed by atoms with E-state index in [9.17, 15) is 4.79 Å². The molecule has 3 heteroatoms. The summed E-state index contributed by atoms with van der Waals surface area (Å²) in [6.07, 6.45) is 11.2. The van der Waals surface area contributed by atoms with E-state index in [2.05, 4.69) is 0 Å². The number of Topliss-reactive ketones (excluding diaryl/α,β-unsaturated/α-hetero) is 1. The van der Waals surface area contributed by atoms with Gasteiger partial charge in [0.1, 0.15) is 5.78 Å². The smallest absolute Gasteiger partial charge is 0.139 e. The first-order chi connectivity index (χ1) is 9.79. The highest BCUT2D eigenvalue weighted by Crippen LogP contribution is 2.39. The molecule has 1 aliphatic carbocycles. The van der Waals surface area contributed by atoms with Crippen molar-refractivity contribution >= 4 is 5.78 Å². The molecule has 114 valence electrons. The number of ketones is 1. The summed E-state index contributed by atoms with van der Waals surface area (Å²) in [6.45, 7) is 2.36. The van der Waals surface area contributed by atoms with E-state index in [0.29, 0.717) is 11.7 Å². The Kier molecular flexibility index (Phi) is 4.77. The molecule has 0 aromatic rings. The van der Waals surface area contributed by atoms with Gasteiger partial charge in [0, 0.05) is 31.7 Å². The van der Waals surface area contributed by atoms with Crippen LogP contribution in [0.3, 0.4) is 0 Å². The van der Waals surface area contributed by atoms with Crippen LogP contribution < -0.4 is 0 Å². The van der Waals surface area contributed by atoms with Crippen LogP contribution in [-0.2, 0) is 14.3 Å². The first-order valence-corrected chi connectivity index (χ1v) is 8.55. The van der Waals surface area contributed by atoms with E-state index < -0.39 is 0 Å². The second-order valence-electron chi connectivity index (χ2n) is 6.92. The topological polar surface area (TPSA) is 35.5 Å². The van der Waals surface area contributed by atoms with Crippen LogP contribution in [0.25, 0.3) is 0 Å². The molecule has 0 radical (unpaired) electrons. The maximum Gasteiger partial charge on any atom is 0.139 e. The summed E-state index contributed by atoms with van der Waals surface area (Å²) in [5.74, 6) is 1.16. The van der Waals surface area contributed by atoms with E-state index in [-0.39, 0.29) is 11.5 Å². The number of hydrogen-bond acceptors (Lipinski definition) is 3. The Hall–Kier alpha value is -0.410. The highest BCUT2D eigenvalue weighted by atomic mass is 16.5. The van der Waals surface area contributed by atoms with Crippen molar-refractivity contribution in [3.8, 4) is 0 Å². The lowest BCUT2D eigenvalue weighted by Gasteiger charge is -2.43. The number of rotatable bonds is 2. The predicted octanol–water partition coefficient (Wildman–Crippen LogP) is 3.50. The van der Waals surface area contributed by atoms with Crippen LogP contribution in [0.2, 0.25) is 0 Å². The zero-order chi connectivity index (χ0) is 13.8. The standard InChI is InChI=1S/C17H28O3/c18-16(14-5-3-1-2-4-6-14)15-7-10-20-17(13-15)8-11-19-12-9-17/h14-15H,1-13H2. The maximum absolute atomic E-state index is 12.8. The summed E-state index contributed by atoms with van der Waals surface area (Å²) >= 11 is 0. The van der Waals surface area contributed by atoms with Crippen molar-refractivity contribution in [2.24, 2.45) is 11.8 Å². The zero-order valence-corrected chi connectivity index (χ0v) is 12.6. The molecule has 2 saturated heterocycles. The Morgan fingerprint density at radius 3 is 2.25 bits per heavy atom. The molecule has 3 aliphatic rings. The molecule has 0 amide bonds. The summed E-state index contributed by atoms with van der Waals surface area (Å²) in [6, 6.07) is 0. The fourth-order valence-corrected chi connectivity index (χ4v) is 4.26. The Labute approximate surface area is 122 Å². The third kappa shape index (κ3) is 3.25. The molecular weight excluding hydrogens is 252 g/mol. The van der Waals surface area contributed by atoms with E-state index in [0.717, 1.165) is 58.3 Å². The minimum Gasteiger partial charge on any atom is -0.381 e. The van der Waals surface area contributed by atoms with Crippen LogP contribution in [0.4, 0.5) is 0 Å². The lowest BCUT2D eigenvalue weighted by Crippen LogP contribution is -2.46. The van der Waals surface area contributed by atoms with Crippen molar-refractivity contribution in [3.05, 3.63) is 0 Å². The van der Waals surface area contributed by atoms with Crippen LogP contribution >= 0.6 is 0 Å². The Morgan fingerprint density at radius 2 is 1.55 bits per heavy atom. The molecule has 1 unspecified atom stereocenters. The van der Waals surface area contributed by atoms with Gasteiger partial charge >= 0.3 is 0 Å². The molecule has 0 aromatic carbocycles. The van der Waals surface area contributed by atoms with Crippen molar-refractivity contribution < 1.29 is 14.3 Å². The number of carbonyl (C=O) groups excluding carboxylic acids is 1. The fraction of sp³-hybridized carbons (Fsp3) is 0.941. The molecule has 20 heavy (non-hydrogen) atoms. The van der Waals surface area contributed by atoms with Gasteiger partial charge in [-0.2, -0.15) is 0 Å². The summed E-state index contributed by atoms with van der Waals surface area (Å²) in [5.41, 5.74) is -0.0401. The molecule has 1 saturated carbocycles. The van der Waals surface area contributed by atoms with Gasteiger partial charge < -0.3 is 9.47 Å². The van der Waals surface area contributed by atoms with E-state index in [1.807, 2.05) is 0 Å². The summed E-state index contributed by atoms with van der Waals surface area (Å²) < 4.78 is 11.5. The largest absolute Gasteiger partial charge is 0.381 e. The van der Waals surface area contributed by atoms with Gasteiger partial charge in [-0.1, -0.05) is 25.7 Å². The predicted molar refractivity (Wildman–Crippen MR) is 77.7 cm³/mol. The molecule has 1 atom stereocenters. The zero-order valence-electron chi connectivity index (χ0n) is 12.6. The van der Waals surface area contributed by atoms with Gasteiger partial charge in [0.15, 0.2) is 0 Å². The first-order valence-electron chi connectivity index (χ1n) is 8.55. The minimum atomic E-state index is -0.0401. The van der Waals surface area contributed by atoms with Gasteiger partial charge in [-0.05, 0) is 38.5 Å². The van der Waals surface area contributed by atoms with Gasteiger partial charge in [0.05, 0.1) is 5.60 Å². The minimum absolute atomic E-state index is 0.0401. The average molecular weight is 280 g/mol. The van der Waals surface area contributed by atoms with E-state index in [4.69, 9.17) is 9.47 Å². The lowest BCUT2D eigenvalue weighted by molar-refractivity contribution is -0.159. The van der Waals surface area contributed by atoms with Gasteiger partial charge in [-0.15, -0.1) is 0 Å².